The third-order valence-corrected chi connectivity index (χ3v) is 3.22. The minimum Gasteiger partial charge on any atom is -0.489 e. The molecule has 2 atom stereocenters. The van der Waals surface area contributed by atoms with Crippen LogP contribution in [0.25, 0.3) is 0 Å². The third kappa shape index (κ3) is 8.14. The van der Waals surface area contributed by atoms with Gasteiger partial charge in [-0.05, 0) is 44.4 Å². The van der Waals surface area contributed by atoms with Gasteiger partial charge < -0.3 is 15.8 Å². The lowest BCUT2D eigenvalue weighted by Crippen LogP contribution is -2.38. The van der Waals surface area contributed by atoms with E-state index in [2.05, 4.69) is 44.1 Å². The Morgan fingerprint density at radius 1 is 1.33 bits per heavy atom. The van der Waals surface area contributed by atoms with E-state index in [-0.39, 0.29) is 30.1 Å². The number of nitrogens with zero attached hydrogens (tertiary/aromatic N) is 1. The van der Waals surface area contributed by atoms with Gasteiger partial charge in [-0.3, -0.25) is 0 Å². The Labute approximate surface area is 145 Å². The second kappa shape index (κ2) is 10.7. The maximum atomic E-state index is 5.94. The van der Waals surface area contributed by atoms with Crippen molar-refractivity contribution in [2.45, 2.75) is 52.7 Å². The number of rotatable bonds is 7. The highest BCUT2D eigenvalue weighted by Crippen LogP contribution is 2.15. The molecule has 0 heterocycles. The molecule has 0 saturated heterocycles. The van der Waals surface area contributed by atoms with E-state index in [1.807, 2.05) is 18.2 Å². The Morgan fingerprint density at radius 2 is 2.05 bits per heavy atom. The maximum Gasteiger partial charge on any atom is 0.188 e. The standard InChI is InChI=1S/C16H27N3O.HI/c1-5-13(4)19-16(17)18-11-14(6-2)20-15-9-7-8-12(3)10-15;/h7-10,13-14H,5-6,11H2,1-4H3,(H3,17,18,19);1H. The third-order valence-electron chi connectivity index (χ3n) is 3.22. The Kier molecular flexibility index (Phi) is 10.2. The summed E-state index contributed by atoms with van der Waals surface area (Å²) in [7, 11) is 0. The summed E-state index contributed by atoms with van der Waals surface area (Å²) in [5.74, 6) is 1.38. The number of aliphatic imine (C=N–C) groups is 1. The highest BCUT2D eigenvalue weighted by molar-refractivity contribution is 14.0. The first-order valence-electron chi connectivity index (χ1n) is 7.34. The number of benzene rings is 1. The smallest absolute Gasteiger partial charge is 0.188 e. The van der Waals surface area contributed by atoms with Crippen LogP contribution in [0.15, 0.2) is 29.3 Å². The fourth-order valence-electron chi connectivity index (χ4n) is 1.73. The minimum absolute atomic E-state index is 0. The summed E-state index contributed by atoms with van der Waals surface area (Å²) in [6.45, 7) is 8.91. The van der Waals surface area contributed by atoms with Crippen molar-refractivity contribution in [2.24, 2.45) is 10.7 Å². The summed E-state index contributed by atoms with van der Waals surface area (Å²) in [5, 5.41) is 3.15. The summed E-state index contributed by atoms with van der Waals surface area (Å²) in [4.78, 5) is 4.36. The molecule has 0 radical (unpaired) electrons. The zero-order chi connectivity index (χ0) is 15.0. The van der Waals surface area contributed by atoms with E-state index in [1.165, 1.54) is 5.56 Å². The van der Waals surface area contributed by atoms with Crippen molar-refractivity contribution in [2.75, 3.05) is 6.54 Å². The lowest BCUT2D eigenvalue weighted by molar-refractivity contribution is 0.205. The summed E-state index contributed by atoms with van der Waals surface area (Å²) in [5.41, 5.74) is 7.05. The number of hydrogen-bond donors (Lipinski definition) is 2. The van der Waals surface area contributed by atoms with Crippen molar-refractivity contribution in [1.82, 2.24) is 5.32 Å². The SMILES string of the molecule is CCC(C)NC(N)=NCC(CC)Oc1cccc(C)c1.I. The van der Waals surface area contributed by atoms with Crippen LogP contribution >= 0.6 is 24.0 Å². The molecule has 1 rings (SSSR count). The van der Waals surface area contributed by atoms with Crippen LogP contribution in [0.2, 0.25) is 0 Å². The molecule has 2 unspecified atom stereocenters. The van der Waals surface area contributed by atoms with Crippen molar-refractivity contribution >= 4 is 29.9 Å². The Morgan fingerprint density at radius 3 is 2.62 bits per heavy atom. The lowest BCUT2D eigenvalue weighted by atomic mass is 10.2. The Hall–Kier alpha value is -0.980. The van der Waals surface area contributed by atoms with Gasteiger partial charge in [-0.1, -0.05) is 26.0 Å². The molecule has 3 N–H and O–H groups in total. The van der Waals surface area contributed by atoms with Gasteiger partial charge >= 0.3 is 0 Å². The number of nitrogens with one attached hydrogen (secondary N) is 1. The fourth-order valence-corrected chi connectivity index (χ4v) is 1.73. The van der Waals surface area contributed by atoms with Gasteiger partial charge in [0.05, 0.1) is 6.54 Å². The lowest BCUT2D eigenvalue weighted by Gasteiger charge is -2.17. The molecule has 120 valence electrons. The molecule has 0 saturated carbocycles. The van der Waals surface area contributed by atoms with E-state index in [0.717, 1.165) is 18.6 Å². The average molecular weight is 405 g/mol. The number of halogens is 1. The molecular weight excluding hydrogens is 377 g/mol. The Bertz CT molecular complexity index is 437. The van der Waals surface area contributed by atoms with E-state index in [1.54, 1.807) is 0 Å². The highest BCUT2D eigenvalue weighted by Gasteiger charge is 2.08. The molecule has 5 heteroatoms. The molecule has 0 fully saturated rings. The molecule has 21 heavy (non-hydrogen) atoms. The van der Waals surface area contributed by atoms with Crippen LogP contribution < -0.4 is 15.8 Å². The second-order valence-electron chi connectivity index (χ2n) is 5.14. The van der Waals surface area contributed by atoms with E-state index in [4.69, 9.17) is 10.5 Å². The summed E-state index contributed by atoms with van der Waals surface area (Å²) < 4.78 is 5.94. The molecule has 0 amide bonds. The van der Waals surface area contributed by atoms with Gasteiger partial charge in [-0.15, -0.1) is 24.0 Å². The molecule has 0 spiro atoms. The van der Waals surface area contributed by atoms with Crippen molar-refractivity contribution in [3.05, 3.63) is 29.8 Å². The summed E-state index contributed by atoms with van der Waals surface area (Å²) >= 11 is 0. The number of hydrogen-bond acceptors (Lipinski definition) is 2. The van der Waals surface area contributed by atoms with Crippen LogP contribution in [-0.4, -0.2) is 24.7 Å². The molecule has 0 aromatic heterocycles. The molecule has 0 aliphatic rings. The number of nitrogens with two attached hydrogens (primary N) is 1. The zero-order valence-electron chi connectivity index (χ0n) is 13.4. The molecule has 1 aromatic carbocycles. The first-order chi connectivity index (χ1) is 9.55. The summed E-state index contributed by atoms with van der Waals surface area (Å²) in [6, 6.07) is 8.41. The van der Waals surface area contributed by atoms with Crippen LogP contribution in [0.3, 0.4) is 0 Å². The largest absolute Gasteiger partial charge is 0.489 e. The van der Waals surface area contributed by atoms with Gasteiger partial charge in [0.1, 0.15) is 11.9 Å². The van der Waals surface area contributed by atoms with Crippen LogP contribution in [0.5, 0.6) is 5.75 Å². The number of aryl methyl sites for hydroxylation is 1. The highest BCUT2D eigenvalue weighted by atomic mass is 127. The maximum absolute atomic E-state index is 5.94. The average Bonchev–Trinajstić information content (AvgIpc) is 2.43. The van der Waals surface area contributed by atoms with Gasteiger partial charge in [0.15, 0.2) is 5.96 Å². The second-order valence-corrected chi connectivity index (χ2v) is 5.14. The van der Waals surface area contributed by atoms with Crippen molar-refractivity contribution in [3.8, 4) is 5.75 Å². The normalized spacial score (nSPS) is 14.0. The van der Waals surface area contributed by atoms with E-state index < -0.39 is 0 Å². The molecule has 1 aromatic rings. The molecule has 4 nitrogen and oxygen atoms in total. The monoisotopic (exact) mass is 405 g/mol. The van der Waals surface area contributed by atoms with Crippen molar-refractivity contribution in [3.63, 3.8) is 0 Å². The zero-order valence-corrected chi connectivity index (χ0v) is 15.8. The molecule has 0 aliphatic heterocycles. The molecule has 0 aliphatic carbocycles. The molecule has 0 bridgehead atoms. The van der Waals surface area contributed by atoms with Crippen molar-refractivity contribution in [1.29, 1.82) is 0 Å². The predicted octanol–water partition coefficient (Wildman–Crippen LogP) is 3.47. The minimum atomic E-state index is 0. The van der Waals surface area contributed by atoms with E-state index >= 15 is 0 Å². The van der Waals surface area contributed by atoms with Crippen LogP contribution in [-0.2, 0) is 0 Å². The van der Waals surface area contributed by atoms with Gasteiger partial charge in [-0.25, -0.2) is 4.99 Å². The van der Waals surface area contributed by atoms with Crippen molar-refractivity contribution < 1.29 is 4.74 Å². The topological polar surface area (TPSA) is 59.6 Å². The van der Waals surface area contributed by atoms with Gasteiger partial charge in [-0.2, -0.15) is 0 Å². The van der Waals surface area contributed by atoms with E-state index in [0.29, 0.717) is 18.5 Å². The van der Waals surface area contributed by atoms with Crippen LogP contribution in [0.4, 0.5) is 0 Å². The van der Waals surface area contributed by atoms with Gasteiger partial charge in [0.25, 0.3) is 0 Å². The number of guanidine groups is 1. The van der Waals surface area contributed by atoms with Gasteiger partial charge in [0.2, 0.25) is 0 Å². The fraction of sp³-hybridized carbons (Fsp3) is 0.562. The van der Waals surface area contributed by atoms with Crippen LogP contribution in [0.1, 0.15) is 39.2 Å². The quantitative estimate of drug-likeness (QED) is 0.415. The molecular formula is C16H28IN3O. The van der Waals surface area contributed by atoms with Gasteiger partial charge in [0, 0.05) is 6.04 Å². The first kappa shape index (κ1) is 20.0. The Balaban J connectivity index is 0.00000400. The predicted molar refractivity (Wildman–Crippen MR) is 101 cm³/mol. The van der Waals surface area contributed by atoms with E-state index in [9.17, 15) is 0 Å². The number of ether oxygens (including phenoxy) is 1. The van der Waals surface area contributed by atoms with Crippen LogP contribution in [0, 0.1) is 6.92 Å². The first-order valence-corrected chi connectivity index (χ1v) is 7.34. The summed E-state index contributed by atoms with van der Waals surface area (Å²) in [6.07, 6.45) is 1.97.